The molecule has 2 rings (SSSR count). The first-order valence-electron chi connectivity index (χ1n) is 5.46. The van der Waals surface area contributed by atoms with Crippen LogP contribution in [-0.2, 0) is 0 Å². The lowest BCUT2D eigenvalue weighted by Gasteiger charge is -2.10. The van der Waals surface area contributed by atoms with Crippen molar-refractivity contribution in [1.29, 1.82) is 0 Å². The molecule has 0 aliphatic heterocycles. The number of aliphatic hydroxyl groups is 2. The maximum atomic E-state index is 9.21. The van der Waals surface area contributed by atoms with Crippen LogP contribution in [0.4, 0.5) is 5.69 Å². The molecule has 0 saturated carbocycles. The number of nitrogens with one attached hydrogen (secondary N) is 1. The summed E-state index contributed by atoms with van der Waals surface area (Å²) in [5.74, 6) is 0. The van der Waals surface area contributed by atoms with E-state index in [1.165, 1.54) is 10.4 Å². The Kier molecular flexibility index (Phi) is 4.14. The Morgan fingerprint density at radius 2 is 1.94 bits per heavy atom. The second-order valence-electron chi connectivity index (χ2n) is 3.77. The van der Waals surface area contributed by atoms with Crippen molar-refractivity contribution in [3.05, 3.63) is 41.8 Å². The van der Waals surface area contributed by atoms with Gasteiger partial charge in [0.2, 0.25) is 0 Å². The number of aliphatic hydroxyl groups excluding tert-OH is 2. The van der Waals surface area contributed by atoms with Crippen LogP contribution < -0.4 is 5.32 Å². The second kappa shape index (κ2) is 5.82. The fourth-order valence-electron chi connectivity index (χ4n) is 1.50. The molecule has 3 N–H and O–H groups in total. The topological polar surface area (TPSA) is 52.5 Å². The molecular weight excluding hydrogens is 234 g/mol. The predicted molar refractivity (Wildman–Crippen MR) is 71.3 cm³/mol. The molecule has 0 amide bonds. The molecule has 0 radical (unpaired) electrons. The van der Waals surface area contributed by atoms with Crippen LogP contribution in [0.2, 0.25) is 0 Å². The van der Waals surface area contributed by atoms with Gasteiger partial charge in [0.1, 0.15) is 0 Å². The van der Waals surface area contributed by atoms with Crippen molar-refractivity contribution < 1.29 is 10.2 Å². The molecule has 0 spiro atoms. The Morgan fingerprint density at radius 3 is 2.53 bits per heavy atom. The predicted octanol–water partition coefficient (Wildman–Crippen LogP) is 2.18. The molecule has 17 heavy (non-hydrogen) atoms. The van der Waals surface area contributed by atoms with Crippen molar-refractivity contribution in [2.24, 2.45) is 0 Å². The van der Waals surface area contributed by atoms with Crippen molar-refractivity contribution >= 4 is 17.0 Å². The molecule has 1 heterocycles. The molecule has 3 nitrogen and oxygen atoms in total. The minimum absolute atomic E-state index is 0.222. The number of thiophene rings is 1. The molecule has 0 bridgehead atoms. The Labute approximate surface area is 104 Å². The first-order valence-corrected chi connectivity index (χ1v) is 6.34. The molecule has 90 valence electrons. The molecule has 0 aliphatic carbocycles. The van der Waals surface area contributed by atoms with Crippen molar-refractivity contribution in [2.45, 2.75) is 6.10 Å². The van der Waals surface area contributed by atoms with Crippen LogP contribution in [0.5, 0.6) is 0 Å². The van der Waals surface area contributed by atoms with Crippen molar-refractivity contribution in [1.82, 2.24) is 0 Å². The average Bonchev–Trinajstić information content (AvgIpc) is 2.90. The summed E-state index contributed by atoms with van der Waals surface area (Å²) >= 11 is 1.71. The Balaban J connectivity index is 1.99. The lowest BCUT2D eigenvalue weighted by molar-refractivity contribution is 0.105. The number of anilines is 1. The third-order valence-electron chi connectivity index (χ3n) is 2.44. The summed E-state index contributed by atoms with van der Waals surface area (Å²) < 4.78 is 0. The van der Waals surface area contributed by atoms with Gasteiger partial charge in [0.15, 0.2) is 0 Å². The van der Waals surface area contributed by atoms with E-state index in [1.54, 1.807) is 11.3 Å². The number of hydrogen-bond acceptors (Lipinski definition) is 4. The highest BCUT2D eigenvalue weighted by Gasteiger charge is 2.02. The lowest BCUT2D eigenvalue weighted by atomic mass is 10.2. The van der Waals surface area contributed by atoms with Gasteiger partial charge < -0.3 is 15.5 Å². The van der Waals surface area contributed by atoms with E-state index >= 15 is 0 Å². The monoisotopic (exact) mass is 249 g/mol. The van der Waals surface area contributed by atoms with E-state index in [0.29, 0.717) is 6.54 Å². The molecule has 1 unspecified atom stereocenters. The molecule has 4 heteroatoms. The van der Waals surface area contributed by atoms with Crippen LogP contribution >= 0.6 is 11.3 Å². The van der Waals surface area contributed by atoms with Gasteiger partial charge in [0, 0.05) is 17.1 Å². The maximum absolute atomic E-state index is 9.21. The number of rotatable bonds is 5. The number of benzene rings is 1. The minimum Gasteiger partial charge on any atom is -0.394 e. The summed E-state index contributed by atoms with van der Waals surface area (Å²) in [6.07, 6.45) is -0.716. The molecular formula is C13H15NO2S. The van der Waals surface area contributed by atoms with Crippen LogP contribution in [0.1, 0.15) is 0 Å². The molecule has 0 aliphatic rings. The fraction of sp³-hybridized carbons (Fsp3) is 0.231. The first-order chi connectivity index (χ1) is 8.29. The van der Waals surface area contributed by atoms with Crippen LogP contribution in [0.25, 0.3) is 10.4 Å². The SMILES string of the molecule is OCC(O)CNc1ccc(-c2cccs2)cc1. The zero-order valence-corrected chi connectivity index (χ0v) is 10.2. The lowest BCUT2D eigenvalue weighted by Crippen LogP contribution is -2.22. The van der Waals surface area contributed by atoms with Crippen LogP contribution in [0.3, 0.4) is 0 Å². The number of hydrogen-bond donors (Lipinski definition) is 3. The van der Waals surface area contributed by atoms with Gasteiger partial charge in [0.25, 0.3) is 0 Å². The van der Waals surface area contributed by atoms with Gasteiger partial charge in [0.05, 0.1) is 12.7 Å². The Hall–Kier alpha value is -1.36. The van der Waals surface area contributed by atoms with E-state index in [2.05, 4.69) is 16.8 Å². The average molecular weight is 249 g/mol. The zero-order chi connectivity index (χ0) is 12.1. The van der Waals surface area contributed by atoms with Gasteiger partial charge in [-0.05, 0) is 29.1 Å². The Bertz CT molecular complexity index is 439. The highest BCUT2D eigenvalue weighted by atomic mass is 32.1. The summed E-state index contributed by atoms with van der Waals surface area (Å²) in [6, 6.07) is 12.1. The highest BCUT2D eigenvalue weighted by molar-refractivity contribution is 7.13. The van der Waals surface area contributed by atoms with Gasteiger partial charge in [-0.25, -0.2) is 0 Å². The standard InChI is InChI=1S/C13H15NO2S/c15-9-12(16)8-14-11-5-3-10(4-6-11)13-2-1-7-17-13/h1-7,12,14-16H,8-9H2. The van der Waals surface area contributed by atoms with Gasteiger partial charge in [-0.3, -0.25) is 0 Å². The first kappa shape index (κ1) is 12.1. The van der Waals surface area contributed by atoms with Crippen LogP contribution in [0.15, 0.2) is 41.8 Å². The molecule has 1 aromatic heterocycles. The molecule has 0 saturated heterocycles. The van der Waals surface area contributed by atoms with Gasteiger partial charge in [-0.15, -0.1) is 11.3 Å². The largest absolute Gasteiger partial charge is 0.394 e. The van der Waals surface area contributed by atoms with E-state index in [9.17, 15) is 5.11 Å². The van der Waals surface area contributed by atoms with Gasteiger partial charge in [-0.1, -0.05) is 18.2 Å². The molecule has 0 fully saturated rings. The molecule has 1 atom stereocenters. The molecule has 2 aromatic rings. The minimum atomic E-state index is -0.716. The van der Waals surface area contributed by atoms with Crippen molar-refractivity contribution in [3.63, 3.8) is 0 Å². The van der Waals surface area contributed by atoms with E-state index < -0.39 is 6.10 Å². The summed E-state index contributed by atoms with van der Waals surface area (Å²) in [6.45, 7) is 0.134. The van der Waals surface area contributed by atoms with E-state index in [0.717, 1.165) is 5.69 Å². The van der Waals surface area contributed by atoms with Gasteiger partial charge >= 0.3 is 0 Å². The summed E-state index contributed by atoms with van der Waals surface area (Å²) in [5.41, 5.74) is 2.13. The molecule has 1 aromatic carbocycles. The summed E-state index contributed by atoms with van der Waals surface area (Å²) in [5, 5.41) is 23.0. The quantitative estimate of drug-likeness (QED) is 0.761. The highest BCUT2D eigenvalue weighted by Crippen LogP contribution is 2.25. The van der Waals surface area contributed by atoms with E-state index in [-0.39, 0.29) is 6.61 Å². The van der Waals surface area contributed by atoms with Crippen LogP contribution in [0, 0.1) is 0 Å². The van der Waals surface area contributed by atoms with E-state index in [1.807, 2.05) is 30.3 Å². The van der Waals surface area contributed by atoms with Crippen LogP contribution in [-0.4, -0.2) is 29.5 Å². The van der Waals surface area contributed by atoms with E-state index in [4.69, 9.17) is 5.11 Å². The Morgan fingerprint density at radius 1 is 1.18 bits per heavy atom. The third kappa shape index (κ3) is 3.30. The second-order valence-corrected chi connectivity index (χ2v) is 4.72. The normalized spacial score (nSPS) is 12.4. The van der Waals surface area contributed by atoms with Crippen molar-refractivity contribution in [3.8, 4) is 10.4 Å². The summed E-state index contributed by atoms with van der Waals surface area (Å²) in [7, 11) is 0. The van der Waals surface area contributed by atoms with Crippen molar-refractivity contribution in [2.75, 3.05) is 18.5 Å². The van der Waals surface area contributed by atoms with Gasteiger partial charge in [-0.2, -0.15) is 0 Å². The smallest absolute Gasteiger partial charge is 0.0942 e. The third-order valence-corrected chi connectivity index (χ3v) is 3.36. The maximum Gasteiger partial charge on any atom is 0.0942 e. The summed E-state index contributed by atoms with van der Waals surface area (Å²) in [4.78, 5) is 1.24. The fourth-order valence-corrected chi connectivity index (χ4v) is 2.23. The zero-order valence-electron chi connectivity index (χ0n) is 9.34.